The van der Waals surface area contributed by atoms with Gasteiger partial charge in [-0.05, 0) is 11.1 Å². The Morgan fingerprint density at radius 1 is 0.810 bits per heavy atom. The van der Waals surface area contributed by atoms with Crippen LogP contribution in [-0.2, 0) is 43.2 Å². The molecule has 2 rings (SSSR count). The standard InChI is InChI=1S/C14H20O6S/c15-21(16)14-12-2-1-3-13(14)11-20-9-7-18-5-4-17-6-8-19-10-12/h1-3H,4-11H2,(H,15,16). The van der Waals surface area contributed by atoms with E-state index >= 15 is 0 Å². The van der Waals surface area contributed by atoms with Crippen LogP contribution >= 0.6 is 0 Å². The highest BCUT2D eigenvalue weighted by Crippen LogP contribution is 2.20. The van der Waals surface area contributed by atoms with Gasteiger partial charge in [-0.25, -0.2) is 4.21 Å². The third-order valence-corrected chi connectivity index (χ3v) is 3.86. The largest absolute Gasteiger partial charge is 0.377 e. The predicted molar refractivity (Wildman–Crippen MR) is 76.4 cm³/mol. The lowest BCUT2D eigenvalue weighted by atomic mass is 10.1. The van der Waals surface area contributed by atoms with E-state index < -0.39 is 11.1 Å². The van der Waals surface area contributed by atoms with Gasteiger partial charge in [0.25, 0.3) is 0 Å². The Morgan fingerprint density at radius 3 is 1.67 bits per heavy atom. The topological polar surface area (TPSA) is 74.2 Å². The van der Waals surface area contributed by atoms with E-state index in [0.717, 1.165) is 0 Å². The van der Waals surface area contributed by atoms with Gasteiger partial charge in [0.2, 0.25) is 0 Å². The van der Waals surface area contributed by atoms with Crippen molar-refractivity contribution in [2.75, 3.05) is 39.6 Å². The summed E-state index contributed by atoms with van der Waals surface area (Å²) in [7, 11) is 0. The van der Waals surface area contributed by atoms with Crippen LogP contribution in [0.3, 0.4) is 0 Å². The van der Waals surface area contributed by atoms with E-state index in [-0.39, 0.29) is 13.2 Å². The first-order valence-electron chi connectivity index (χ1n) is 6.81. The second-order valence-corrected chi connectivity index (χ2v) is 5.39. The summed E-state index contributed by atoms with van der Waals surface area (Å²) in [6, 6.07) is 5.41. The van der Waals surface area contributed by atoms with Crippen LogP contribution in [0.5, 0.6) is 0 Å². The summed E-state index contributed by atoms with van der Waals surface area (Å²) in [5.41, 5.74) is 1.39. The van der Waals surface area contributed by atoms with E-state index in [1.165, 1.54) is 0 Å². The maximum atomic E-state index is 11.6. The van der Waals surface area contributed by atoms with Crippen LogP contribution in [0.2, 0.25) is 0 Å². The molecular formula is C14H20O6S. The number of hydrogen-bond acceptors (Lipinski definition) is 5. The average molecular weight is 316 g/mol. The molecule has 0 aromatic heterocycles. The fourth-order valence-electron chi connectivity index (χ4n) is 2.01. The van der Waals surface area contributed by atoms with E-state index in [1.54, 1.807) is 12.1 Å². The highest BCUT2D eigenvalue weighted by Gasteiger charge is 2.14. The number of ether oxygens (including phenoxy) is 4. The van der Waals surface area contributed by atoms with Gasteiger partial charge in [-0.3, -0.25) is 0 Å². The highest BCUT2D eigenvalue weighted by molar-refractivity contribution is 7.79. The minimum atomic E-state index is -2.08. The number of rotatable bonds is 1. The van der Waals surface area contributed by atoms with Gasteiger partial charge in [0.1, 0.15) is 0 Å². The molecule has 0 radical (unpaired) electrons. The van der Waals surface area contributed by atoms with Crippen molar-refractivity contribution in [3.05, 3.63) is 29.3 Å². The summed E-state index contributed by atoms with van der Waals surface area (Å²) in [6.45, 7) is 3.38. The minimum absolute atomic E-state index is 0.273. The van der Waals surface area contributed by atoms with Gasteiger partial charge >= 0.3 is 0 Å². The Kier molecular flexibility index (Phi) is 7.28. The van der Waals surface area contributed by atoms with Crippen molar-refractivity contribution < 1.29 is 27.7 Å². The molecule has 1 unspecified atom stereocenters. The Labute approximate surface area is 126 Å². The van der Waals surface area contributed by atoms with Crippen molar-refractivity contribution in [2.45, 2.75) is 18.1 Å². The van der Waals surface area contributed by atoms with Crippen molar-refractivity contribution in [3.8, 4) is 0 Å². The molecule has 1 atom stereocenters. The zero-order chi connectivity index (χ0) is 14.9. The summed E-state index contributed by atoms with van der Waals surface area (Å²) in [6.07, 6.45) is 0. The fourth-order valence-corrected chi connectivity index (χ4v) is 2.71. The Balaban J connectivity index is 2.11. The molecule has 6 nitrogen and oxygen atoms in total. The fraction of sp³-hybridized carbons (Fsp3) is 0.571. The van der Waals surface area contributed by atoms with Crippen molar-refractivity contribution in [3.63, 3.8) is 0 Å². The lowest BCUT2D eigenvalue weighted by Gasteiger charge is -2.12. The molecule has 0 aliphatic carbocycles. The quantitative estimate of drug-likeness (QED) is 0.788. The van der Waals surface area contributed by atoms with Gasteiger partial charge in [0, 0.05) is 0 Å². The first-order chi connectivity index (χ1) is 10.3. The summed E-state index contributed by atoms with van der Waals surface area (Å²) in [5, 5.41) is 0. The van der Waals surface area contributed by atoms with Crippen LogP contribution in [0.25, 0.3) is 0 Å². The first kappa shape index (κ1) is 16.5. The molecule has 1 N–H and O–H groups in total. The SMILES string of the molecule is O=S(O)c1c2cccc1COCCOCCOCCOC2. The third-order valence-electron chi connectivity index (χ3n) is 2.98. The maximum Gasteiger partial charge on any atom is 0.187 e. The Morgan fingerprint density at radius 2 is 1.24 bits per heavy atom. The zero-order valence-electron chi connectivity index (χ0n) is 11.8. The molecule has 7 heteroatoms. The Hall–Kier alpha value is -0.830. The van der Waals surface area contributed by atoms with E-state index in [1.807, 2.05) is 6.07 Å². The second kappa shape index (κ2) is 9.24. The van der Waals surface area contributed by atoms with Crippen LogP contribution in [0.4, 0.5) is 0 Å². The summed E-state index contributed by atoms with van der Waals surface area (Å²) < 4.78 is 42.8. The molecule has 1 aromatic carbocycles. The van der Waals surface area contributed by atoms with Gasteiger partial charge in [-0.1, -0.05) is 18.2 Å². The van der Waals surface area contributed by atoms with E-state index in [0.29, 0.717) is 55.7 Å². The zero-order valence-corrected chi connectivity index (χ0v) is 12.6. The lowest BCUT2D eigenvalue weighted by Crippen LogP contribution is -2.11. The molecular weight excluding hydrogens is 296 g/mol. The number of benzene rings is 1. The molecule has 118 valence electrons. The van der Waals surface area contributed by atoms with E-state index in [9.17, 15) is 8.76 Å². The van der Waals surface area contributed by atoms with Crippen LogP contribution in [0, 0.1) is 0 Å². The van der Waals surface area contributed by atoms with Crippen LogP contribution in [0.15, 0.2) is 23.1 Å². The first-order valence-corrected chi connectivity index (χ1v) is 7.92. The van der Waals surface area contributed by atoms with Gasteiger partial charge < -0.3 is 23.5 Å². The van der Waals surface area contributed by atoms with Crippen molar-refractivity contribution in [2.24, 2.45) is 0 Å². The minimum Gasteiger partial charge on any atom is -0.377 e. The molecule has 0 saturated carbocycles. The second-order valence-electron chi connectivity index (χ2n) is 4.48. The summed E-state index contributed by atoms with van der Waals surface area (Å²) in [5.74, 6) is 0. The van der Waals surface area contributed by atoms with Crippen molar-refractivity contribution in [1.29, 1.82) is 0 Å². The van der Waals surface area contributed by atoms with E-state index in [4.69, 9.17) is 18.9 Å². The van der Waals surface area contributed by atoms with Crippen molar-refractivity contribution in [1.82, 2.24) is 0 Å². The van der Waals surface area contributed by atoms with Crippen LogP contribution < -0.4 is 0 Å². The summed E-state index contributed by atoms with van der Waals surface area (Å²) in [4.78, 5) is 0.370. The van der Waals surface area contributed by atoms with Gasteiger partial charge in [-0.15, -0.1) is 0 Å². The van der Waals surface area contributed by atoms with Gasteiger partial charge in [-0.2, -0.15) is 0 Å². The molecule has 0 spiro atoms. The van der Waals surface area contributed by atoms with Crippen molar-refractivity contribution >= 4 is 11.1 Å². The molecule has 2 bridgehead atoms. The molecule has 1 aromatic rings. The Bertz CT molecular complexity index is 433. The smallest absolute Gasteiger partial charge is 0.187 e. The van der Waals surface area contributed by atoms with Crippen LogP contribution in [-0.4, -0.2) is 48.4 Å². The predicted octanol–water partition coefficient (Wildman–Crippen LogP) is 1.35. The molecule has 0 amide bonds. The van der Waals surface area contributed by atoms with Gasteiger partial charge in [0.15, 0.2) is 11.1 Å². The number of fused-ring (bicyclic) bond motifs is 2. The maximum absolute atomic E-state index is 11.6. The van der Waals surface area contributed by atoms with Gasteiger partial charge in [0.05, 0.1) is 57.8 Å². The number of hydrogen-bond donors (Lipinski definition) is 1. The summed E-state index contributed by atoms with van der Waals surface area (Å²) >= 11 is -2.08. The van der Waals surface area contributed by atoms with E-state index in [2.05, 4.69) is 0 Å². The molecule has 0 fully saturated rings. The molecule has 0 saturated heterocycles. The average Bonchev–Trinajstić information content (AvgIpc) is 2.47. The molecule has 21 heavy (non-hydrogen) atoms. The normalized spacial score (nSPS) is 20.2. The van der Waals surface area contributed by atoms with Crippen LogP contribution in [0.1, 0.15) is 11.1 Å². The highest BCUT2D eigenvalue weighted by atomic mass is 32.2. The molecule has 1 heterocycles. The molecule has 1 aliphatic rings. The monoisotopic (exact) mass is 316 g/mol. The third kappa shape index (κ3) is 5.46. The molecule has 1 aliphatic heterocycles. The lowest BCUT2D eigenvalue weighted by molar-refractivity contribution is -0.00523.